The molecule has 18 nitrogen and oxygen atoms in total. The van der Waals surface area contributed by atoms with E-state index in [0.29, 0.717) is 0 Å². The maximum atomic E-state index is 16.0. The second-order valence-electron chi connectivity index (χ2n) is 9.85. The van der Waals surface area contributed by atoms with Gasteiger partial charge in [-0.3, -0.25) is 27.2 Å². The third-order valence-electron chi connectivity index (χ3n) is 7.17. The normalized spacial score (nSPS) is 38.3. The van der Waals surface area contributed by atoms with E-state index in [1.165, 1.54) is 21.8 Å². The zero-order valence-corrected chi connectivity index (χ0v) is 25.5. The molecule has 3 aliphatic heterocycles. The average Bonchev–Trinajstić information content (AvgIpc) is 3.73. The molecule has 10 atom stereocenters. The number of alkyl halides is 2. The van der Waals surface area contributed by atoms with Crippen molar-refractivity contribution in [3.63, 3.8) is 0 Å². The monoisotopic (exact) mass is 694 g/mol. The second-order valence-corrected chi connectivity index (χ2v) is 15.6. The van der Waals surface area contributed by atoms with Crippen molar-refractivity contribution in [2.24, 2.45) is 0 Å². The summed E-state index contributed by atoms with van der Waals surface area (Å²) < 4.78 is 94.5. The molecular formula is C20H22F2N10O8P2S2. The number of hydrogen-bond donors (Lipinski definition) is 4. The van der Waals surface area contributed by atoms with Crippen LogP contribution in [0, 0.1) is 0 Å². The van der Waals surface area contributed by atoms with Gasteiger partial charge in [0.1, 0.15) is 48.1 Å². The van der Waals surface area contributed by atoms with Crippen molar-refractivity contribution in [3.05, 3.63) is 25.3 Å². The maximum absolute atomic E-state index is 16.0. The Morgan fingerprint density at radius 3 is 1.55 bits per heavy atom. The van der Waals surface area contributed by atoms with Crippen molar-refractivity contribution in [2.75, 3.05) is 24.7 Å². The van der Waals surface area contributed by atoms with E-state index in [1.54, 1.807) is 0 Å². The van der Waals surface area contributed by atoms with Gasteiger partial charge in [0.2, 0.25) is 0 Å². The number of thiol groups is 2. The Morgan fingerprint density at radius 2 is 1.14 bits per heavy atom. The summed E-state index contributed by atoms with van der Waals surface area (Å²) >= 11 is 7.99. The molecule has 0 bridgehead atoms. The Balaban J connectivity index is 1.17. The standard InChI is InChI=1S/C20H22F2N10O8P2S2/c21-9-13-7(37-19(9)31-5-29-11-15(23)25-3-27-17(11)31)1-35-41(33,43)40-14-8(2-36-42(34,44)39-13)38-20(10(14)22)32-6-30-12-16(24)26-4-28-18(12)32/h3-10,13-14,19-20H,1-2H2,(H,33,43)(H,34,44)(H2,23,25,27)(H2,24,26,28)/t7-,8?,9-,10-,13-,14-,19-,20-,41+,42-/m1/s1. The molecule has 0 aromatic carbocycles. The number of ether oxygens (including phenoxy) is 2. The summed E-state index contributed by atoms with van der Waals surface area (Å²) in [7, 11) is 0. The summed E-state index contributed by atoms with van der Waals surface area (Å²) in [5.41, 5.74) is 12.3. The summed E-state index contributed by atoms with van der Waals surface area (Å²) in [5.74, 6) is 0.101. The molecular weight excluding hydrogens is 672 g/mol. The summed E-state index contributed by atoms with van der Waals surface area (Å²) in [6.45, 7) is -10.1. The predicted octanol–water partition coefficient (Wildman–Crippen LogP) is 2.19. The quantitative estimate of drug-likeness (QED) is 0.174. The molecule has 0 aliphatic carbocycles. The fraction of sp³-hybridized carbons (Fsp3) is 0.500. The number of nitrogens with two attached hydrogens (primary N) is 2. The van der Waals surface area contributed by atoms with Crippen LogP contribution in [0.2, 0.25) is 0 Å². The minimum absolute atomic E-state index is 0.0504. The van der Waals surface area contributed by atoms with Crippen LogP contribution in [-0.2, 0) is 36.7 Å². The zero-order chi connectivity index (χ0) is 31.0. The van der Waals surface area contributed by atoms with Gasteiger partial charge >= 0.3 is 13.6 Å². The number of nitrogen functional groups attached to an aromatic ring is 2. The average molecular weight is 695 g/mol. The third kappa shape index (κ3) is 5.25. The number of halogens is 2. The van der Waals surface area contributed by atoms with Crippen LogP contribution in [0.1, 0.15) is 12.5 Å². The number of anilines is 2. The summed E-state index contributed by atoms with van der Waals surface area (Å²) in [6, 6.07) is 0. The Bertz CT molecular complexity index is 1710. The van der Waals surface area contributed by atoms with Gasteiger partial charge in [-0.15, -0.1) is 0 Å². The molecule has 4 N–H and O–H groups in total. The van der Waals surface area contributed by atoms with Gasteiger partial charge in [0.25, 0.3) is 0 Å². The Labute approximate surface area is 255 Å². The van der Waals surface area contributed by atoms with E-state index < -0.39 is 76.0 Å². The molecule has 0 amide bonds. The second kappa shape index (κ2) is 11.1. The number of hydrogen-bond acceptors (Lipinski definition) is 16. The van der Waals surface area contributed by atoms with E-state index in [-0.39, 0.29) is 34.0 Å². The van der Waals surface area contributed by atoms with Gasteiger partial charge in [0, 0.05) is 0 Å². The molecule has 0 saturated carbocycles. The minimum Gasteiger partial charge on any atom is -0.382 e. The van der Waals surface area contributed by atoms with E-state index in [1.807, 2.05) is 0 Å². The van der Waals surface area contributed by atoms with Crippen molar-refractivity contribution in [1.82, 2.24) is 39.0 Å². The highest BCUT2D eigenvalue weighted by Crippen LogP contribution is 2.60. The van der Waals surface area contributed by atoms with Gasteiger partial charge in [-0.1, -0.05) is 24.5 Å². The Morgan fingerprint density at radius 1 is 0.727 bits per heavy atom. The lowest BCUT2D eigenvalue weighted by Crippen LogP contribution is -2.36. The first-order chi connectivity index (χ1) is 20.9. The number of imidazole rings is 2. The van der Waals surface area contributed by atoms with Gasteiger partial charge in [0.05, 0.1) is 25.9 Å². The van der Waals surface area contributed by atoms with Crippen LogP contribution in [0.5, 0.6) is 0 Å². The molecule has 1 unspecified atom stereocenters. The van der Waals surface area contributed by atoms with Gasteiger partial charge in [-0.25, -0.2) is 47.8 Å². The van der Waals surface area contributed by atoms with Crippen molar-refractivity contribution in [3.8, 4) is 0 Å². The maximum Gasteiger partial charge on any atom is 0.386 e. The zero-order valence-electron chi connectivity index (χ0n) is 21.9. The topological polar surface area (TPSA) is 229 Å². The lowest BCUT2D eigenvalue weighted by Gasteiger charge is -2.28. The van der Waals surface area contributed by atoms with E-state index >= 15 is 8.78 Å². The molecule has 7 rings (SSSR count). The third-order valence-corrected chi connectivity index (χ3v) is 10.4. The van der Waals surface area contributed by atoms with Crippen LogP contribution in [0.25, 0.3) is 22.3 Å². The predicted molar refractivity (Wildman–Crippen MR) is 152 cm³/mol. The van der Waals surface area contributed by atoms with E-state index in [9.17, 15) is 9.13 Å². The molecule has 4 aromatic rings. The molecule has 7 heterocycles. The summed E-state index contributed by atoms with van der Waals surface area (Å²) in [4.78, 5) is 24.0. The highest BCUT2D eigenvalue weighted by Gasteiger charge is 2.54. The molecule has 3 aliphatic rings. The van der Waals surface area contributed by atoms with Gasteiger partial charge in [0.15, 0.2) is 47.7 Å². The summed E-state index contributed by atoms with van der Waals surface area (Å²) in [6.07, 6.45) is -8.12. The van der Waals surface area contributed by atoms with Crippen LogP contribution < -0.4 is 11.5 Å². The first-order valence-electron chi connectivity index (χ1n) is 12.7. The van der Waals surface area contributed by atoms with Crippen molar-refractivity contribution < 1.29 is 45.5 Å². The van der Waals surface area contributed by atoms with Gasteiger partial charge in [-0.05, 0) is 0 Å². The highest BCUT2D eigenvalue weighted by molar-refractivity contribution is 8.44. The lowest BCUT2D eigenvalue weighted by atomic mass is 10.1. The molecule has 4 aromatic heterocycles. The number of aromatic nitrogens is 8. The number of nitrogens with zero attached hydrogens (tertiary/aromatic N) is 8. The van der Waals surface area contributed by atoms with Crippen LogP contribution in [-0.4, -0.2) is 89.0 Å². The molecule has 0 radical (unpaired) electrons. The lowest BCUT2D eigenvalue weighted by molar-refractivity contribution is -0.0544. The first kappa shape index (κ1) is 30.2. The fourth-order valence-corrected chi connectivity index (χ4v) is 8.14. The van der Waals surface area contributed by atoms with Crippen LogP contribution >= 0.6 is 38.1 Å². The first-order valence-corrected chi connectivity index (χ1v) is 18.1. The number of rotatable bonds is 2. The SMILES string of the molecule is Nc1ncnc2c1ncn2[C@@H]1O[C@@H]2CO[P@](=O)(S)O[C@@H]3C(CO[P@@](=O)(S)O[C@H]2[C@H]1F)O[C@@H](n1cnc2c(N)ncnc21)[C@@H]3F. The van der Waals surface area contributed by atoms with E-state index in [4.69, 9.17) is 39.0 Å². The summed E-state index contributed by atoms with van der Waals surface area (Å²) in [5, 5.41) is 0. The fourth-order valence-electron chi connectivity index (χ4n) is 5.17. The van der Waals surface area contributed by atoms with Crippen molar-refractivity contribution in [1.29, 1.82) is 0 Å². The molecule has 236 valence electrons. The van der Waals surface area contributed by atoms with Crippen molar-refractivity contribution in [2.45, 2.75) is 49.2 Å². The molecule has 0 spiro atoms. The minimum atomic E-state index is -4.39. The molecule has 24 heteroatoms. The number of fused-ring (bicyclic) bond motifs is 4. The highest BCUT2D eigenvalue weighted by atomic mass is 32.7. The van der Waals surface area contributed by atoms with Crippen molar-refractivity contribution >= 4 is 72.1 Å². The van der Waals surface area contributed by atoms with Gasteiger partial charge < -0.3 is 20.9 Å². The molecule has 3 fully saturated rings. The van der Waals surface area contributed by atoms with Crippen LogP contribution in [0.4, 0.5) is 20.4 Å². The van der Waals surface area contributed by atoms with Gasteiger partial charge in [-0.2, -0.15) is 0 Å². The molecule has 3 saturated heterocycles. The van der Waals surface area contributed by atoms with E-state index in [2.05, 4.69) is 54.4 Å². The Hall–Kier alpha value is -2.52. The van der Waals surface area contributed by atoms with E-state index in [0.717, 1.165) is 12.7 Å². The largest absolute Gasteiger partial charge is 0.386 e. The van der Waals surface area contributed by atoms with Crippen LogP contribution in [0.3, 0.4) is 0 Å². The van der Waals surface area contributed by atoms with Crippen LogP contribution in [0.15, 0.2) is 25.3 Å². The smallest absolute Gasteiger partial charge is 0.382 e. The molecule has 44 heavy (non-hydrogen) atoms. The Kier molecular flexibility index (Phi) is 7.59.